The lowest BCUT2D eigenvalue weighted by atomic mass is 9.94. The summed E-state index contributed by atoms with van der Waals surface area (Å²) in [6, 6.07) is 22.4. The normalized spacial score (nSPS) is 24.5. The van der Waals surface area contributed by atoms with Crippen LogP contribution in [0.2, 0.25) is 0 Å². The molecule has 3 unspecified atom stereocenters. The first-order chi connectivity index (χ1) is 31.6. The number of carbonyl (C=O) groups is 2. The van der Waals surface area contributed by atoms with E-state index >= 15 is 9.18 Å². The molecule has 2 aromatic heterocycles. The fourth-order valence-corrected chi connectivity index (χ4v) is 14.8. The highest BCUT2D eigenvalue weighted by Gasteiger charge is 2.60. The van der Waals surface area contributed by atoms with Gasteiger partial charge in [-0.3, -0.25) is 14.6 Å². The van der Waals surface area contributed by atoms with Crippen LogP contribution in [0.5, 0.6) is 5.75 Å². The third kappa shape index (κ3) is 9.45. The summed E-state index contributed by atoms with van der Waals surface area (Å²) in [6.07, 6.45) is 6.22. The van der Waals surface area contributed by atoms with E-state index in [0.717, 1.165) is 54.8 Å². The van der Waals surface area contributed by atoms with Crippen molar-refractivity contribution < 1.29 is 41.0 Å². The molecule has 15 nitrogen and oxygen atoms in total. The van der Waals surface area contributed by atoms with Crippen molar-refractivity contribution in [1.29, 1.82) is 0 Å². The van der Waals surface area contributed by atoms with E-state index in [9.17, 15) is 17.6 Å². The summed E-state index contributed by atoms with van der Waals surface area (Å²) in [5, 5.41) is 3.17. The van der Waals surface area contributed by atoms with Gasteiger partial charge in [-0.2, -0.15) is 5.10 Å². The summed E-state index contributed by atoms with van der Waals surface area (Å²) in [5.74, 6) is -1.54. The number of likely N-dealkylation sites (N-methyl/N-ethyl adjacent to an activating group) is 1. The molecule has 0 spiro atoms. The zero-order valence-corrected chi connectivity index (χ0v) is 39.5. The Balaban J connectivity index is 0.939. The molecule has 0 N–H and O–H groups in total. The maximum absolute atomic E-state index is 15.1. The molecule has 352 valence electrons. The van der Waals surface area contributed by atoms with Crippen LogP contribution in [-0.2, 0) is 36.3 Å². The van der Waals surface area contributed by atoms with Gasteiger partial charge in [0.05, 0.1) is 18.9 Å². The molecule has 20 heteroatoms. The average molecular weight is 968 g/mol. The summed E-state index contributed by atoms with van der Waals surface area (Å²) in [6.45, 7) is 8.89. The number of rotatable bonds is 16. The largest absolute Gasteiger partial charge is 0.488 e. The quantitative estimate of drug-likeness (QED) is 0.0750. The number of aromatic nitrogens is 4. The van der Waals surface area contributed by atoms with E-state index in [1.807, 2.05) is 75.4 Å². The summed E-state index contributed by atoms with van der Waals surface area (Å²) < 4.78 is 72.9. The van der Waals surface area contributed by atoms with Crippen molar-refractivity contribution in [1.82, 2.24) is 29.5 Å². The number of halogens is 3. The monoisotopic (exact) mass is 966 g/mol. The first-order valence-electron chi connectivity index (χ1n) is 21.7. The maximum atomic E-state index is 15.1. The van der Waals surface area contributed by atoms with Crippen LogP contribution in [0, 0.1) is 11.6 Å². The van der Waals surface area contributed by atoms with Crippen molar-refractivity contribution in [3.05, 3.63) is 121 Å². The van der Waals surface area contributed by atoms with Crippen LogP contribution in [0.25, 0.3) is 0 Å². The molecule has 5 atom stereocenters. The Labute approximate surface area is 389 Å². The standard InChI is InChI=1S/C46H53ClF2N8O7S2/c1-5-56(41(58)18-24-65(4,60)61)44-43(47)57(32(2)3)45(59)66(44,38-7-6-19-50-26-38)37-15-11-35(12-16-37)54-22-20-53(21-23-54)34-9-13-36(14-10-34)62-27-42-63-29-46(64-42,28-55-31-51-30-52-55)39-17-8-33(48)25-40(39)49/h6-17,19,25-26,30-32,42-44H,5,18,20-24,27-29H2,1-4H3/t42-,43?,44?,46+/m0/s1. The number of hydrogen-bond acceptors (Lipinski definition) is 12. The van der Waals surface area contributed by atoms with E-state index in [-0.39, 0.29) is 61.2 Å². The first-order valence-corrected chi connectivity index (χ1v) is 25.9. The predicted molar refractivity (Wildman–Crippen MR) is 248 cm³/mol. The van der Waals surface area contributed by atoms with Crippen LogP contribution < -0.4 is 14.5 Å². The average Bonchev–Trinajstić information content (AvgIpc) is 4.03. The minimum atomic E-state index is -3.43. The van der Waals surface area contributed by atoms with Crippen LogP contribution >= 0.6 is 21.6 Å². The second-order valence-corrected chi connectivity index (χ2v) is 22.6. The summed E-state index contributed by atoms with van der Waals surface area (Å²) in [7, 11) is -6.18. The Hall–Kier alpha value is -5.34. The van der Waals surface area contributed by atoms with Crippen molar-refractivity contribution in [2.24, 2.45) is 0 Å². The van der Waals surface area contributed by atoms with Gasteiger partial charge in [-0.25, -0.2) is 26.9 Å². The fraction of sp³-hybridized carbons (Fsp3) is 0.413. The van der Waals surface area contributed by atoms with Crippen molar-refractivity contribution in [3.63, 3.8) is 0 Å². The number of alkyl halides is 1. The molecule has 0 aliphatic carbocycles. The first kappa shape index (κ1) is 47.2. The molecular weight excluding hydrogens is 914 g/mol. The lowest BCUT2D eigenvalue weighted by Gasteiger charge is -2.44. The molecule has 5 heterocycles. The number of pyridine rings is 1. The van der Waals surface area contributed by atoms with Gasteiger partial charge in [0.25, 0.3) is 5.24 Å². The van der Waals surface area contributed by atoms with Gasteiger partial charge in [0.2, 0.25) is 5.91 Å². The SMILES string of the molecule is CCN(C(=O)CCS(C)(=O)=O)C1C(Cl)N(C(C)C)C(=O)S1(c1ccc(N2CCN(c3ccc(OC[C@H]4OC[C@](Cn5cncn5)(c5ccc(F)cc5F)O4)cc3)CC2)cc1)c1cccnc1. The number of carbonyl (C=O) groups excluding carboxylic acids is 2. The molecule has 8 rings (SSSR count). The summed E-state index contributed by atoms with van der Waals surface area (Å²) >= 11 is 7.29. The van der Waals surface area contributed by atoms with Crippen LogP contribution in [0.1, 0.15) is 32.8 Å². The lowest BCUT2D eigenvalue weighted by Crippen LogP contribution is -2.48. The van der Waals surface area contributed by atoms with E-state index in [0.29, 0.717) is 10.6 Å². The molecular formula is C46H53ClF2N8O7S2. The second-order valence-electron chi connectivity index (χ2n) is 16.8. The van der Waals surface area contributed by atoms with Crippen LogP contribution in [0.4, 0.5) is 25.0 Å². The second kappa shape index (κ2) is 19.5. The van der Waals surface area contributed by atoms with Gasteiger partial charge in [-0.1, -0.05) is 27.7 Å². The van der Waals surface area contributed by atoms with E-state index in [4.69, 9.17) is 25.8 Å². The Bertz CT molecular complexity index is 2600. The zero-order chi connectivity index (χ0) is 46.8. The van der Waals surface area contributed by atoms with Gasteiger partial charge >= 0.3 is 0 Å². The molecule has 3 saturated heterocycles. The van der Waals surface area contributed by atoms with E-state index < -0.39 is 54.3 Å². The van der Waals surface area contributed by atoms with Crippen molar-refractivity contribution in [2.75, 3.05) is 67.7 Å². The molecule has 3 fully saturated rings. The van der Waals surface area contributed by atoms with Gasteiger partial charge in [0, 0.05) is 96.6 Å². The van der Waals surface area contributed by atoms with Gasteiger partial charge in [-0.05, 0) is 87.5 Å². The number of amides is 2. The van der Waals surface area contributed by atoms with E-state index in [1.54, 1.807) is 28.3 Å². The number of piperazine rings is 1. The Morgan fingerprint density at radius 3 is 2.24 bits per heavy atom. The predicted octanol–water partition coefficient (Wildman–Crippen LogP) is 6.87. The number of nitrogens with zero attached hydrogens (tertiary/aromatic N) is 8. The molecule has 3 aliphatic heterocycles. The fourth-order valence-electron chi connectivity index (χ4n) is 8.97. The Kier molecular flexibility index (Phi) is 13.9. The van der Waals surface area contributed by atoms with Crippen molar-refractivity contribution in [2.45, 2.75) is 72.3 Å². The van der Waals surface area contributed by atoms with Gasteiger partial charge in [0.1, 0.15) is 63.0 Å². The molecule has 5 aromatic rings. The number of sulfone groups is 1. The highest BCUT2D eigenvalue weighted by atomic mass is 35.5. The van der Waals surface area contributed by atoms with Crippen LogP contribution in [-0.4, -0.2) is 130 Å². The number of benzene rings is 3. The van der Waals surface area contributed by atoms with Crippen molar-refractivity contribution >= 4 is 54.0 Å². The number of hydrogen-bond donors (Lipinski definition) is 0. The molecule has 0 radical (unpaired) electrons. The topological polar surface area (TPSA) is 153 Å². The highest BCUT2D eigenvalue weighted by Crippen LogP contribution is 2.73. The van der Waals surface area contributed by atoms with Gasteiger partial charge in [0.15, 0.2) is 6.29 Å². The van der Waals surface area contributed by atoms with Gasteiger partial charge in [-0.15, -0.1) is 0 Å². The summed E-state index contributed by atoms with van der Waals surface area (Å²) in [5.41, 5.74) is -0.00509. The molecule has 3 aromatic carbocycles. The molecule has 0 bridgehead atoms. The minimum Gasteiger partial charge on any atom is -0.488 e. The maximum Gasteiger partial charge on any atom is 0.275 e. The molecule has 3 aliphatic rings. The van der Waals surface area contributed by atoms with Gasteiger partial charge < -0.3 is 33.8 Å². The number of anilines is 2. The Morgan fingerprint density at radius 2 is 1.67 bits per heavy atom. The summed E-state index contributed by atoms with van der Waals surface area (Å²) in [4.78, 5) is 46.6. The molecule has 0 saturated carbocycles. The lowest BCUT2D eigenvalue weighted by molar-refractivity contribution is -0.131. The molecule has 2 amide bonds. The minimum absolute atomic E-state index is 0.00627. The van der Waals surface area contributed by atoms with Crippen LogP contribution in [0.15, 0.2) is 114 Å². The Morgan fingerprint density at radius 1 is 0.985 bits per heavy atom. The van der Waals surface area contributed by atoms with Crippen molar-refractivity contribution in [3.8, 4) is 5.75 Å². The smallest absolute Gasteiger partial charge is 0.275 e. The third-order valence-electron chi connectivity index (χ3n) is 12.2. The third-order valence-corrected chi connectivity index (χ3v) is 17.7. The molecule has 66 heavy (non-hydrogen) atoms. The van der Waals surface area contributed by atoms with E-state index in [2.05, 4.69) is 24.9 Å². The van der Waals surface area contributed by atoms with Crippen LogP contribution in [0.3, 0.4) is 0 Å². The highest BCUT2D eigenvalue weighted by molar-refractivity contribution is 8.46. The zero-order valence-electron chi connectivity index (χ0n) is 37.1. The number of ether oxygens (including phenoxy) is 3. The van der Waals surface area contributed by atoms with E-state index in [1.165, 1.54) is 29.5 Å².